The molecule has 2 aromatic heterocycles. The first-order chi connectivity index (χ1) is 14.5. The molecular weight excluding hydrogens is 412 g/mol. The highest BCUT2D eigenvalue weighted by molar-refractivity contribution is 6.34. The summed E-state index contributed by atoms with van der Waals surface area (Å²) in [5.74, 6) is 0.154. The minimum atomic E-state index is -1.03. The second-order valence-corrected chi connectivity index (χ2v) is 7.78. The van der Waals surface area contributed by atoms with Crippen LogP contribution in [0.15, 0.2) is 35.6 Å². The van der Waals surface area contributed by atoms with E-state index in [2.05, 4.69) is 25.9 Å². The Hall–Kier alpha value is -3.40. The summed E-state index contributed by atoms with van der Waals surface area (Å²) in [4.78, 5) is 45.8. The summed E-state index contributed by atoms with van der Waals surface area (Å²) in [5.41, 5.74) is -1.24. The Labute approximate surface area is 175 Å². The molecule has 1 atom stereocenters. The number of halogens is 1. The van der Waals surface area contributed by atoms with Crippen molar-refractivity contribution in [3.05, 3.63) is 51.9 Å². The number of pyridine rings is 1. The summed E-state index contributed by atoms with van der Waals surface area (Å²) in [6, 6.07) is 2.92. The molecular formula is C19H17ClN6O4. The molecule has 3 aliphatic rings. The molecule has 1 fully saturated rings. The zero-order valence-electron chi connectivity index (χ0n) is 15.6. The third kappa shape index (κ3) is 3.09. The van der Waals surface area contributed by atoms with Crippen molar-refractivity contribution in [1.82, 2.24) is 19.9 Å². The molecule has 5 rings (SSSR count). The van der Waals surface area contributed by atoms with Crippen molar-refractivity contribution in [2.45, 2.75) is 24.9 Å². The number of anilines is 3. The van der Waals surface area contributed by atoms with Gasteiger partial charge in [-0.05, 0) is 25.0 Å². The fourth-order valence-electron chi connectivity index (χ4n) is 3.60. The Bertz CT molecular complexity index is 1160. The standard InChI is InChI=1S/C19H17ClN6O4/c20-11-7-12(23-13-8-14(22-9-21-13)24-16(27)10-1-2-10)18(29)26-15(11)17(28)25-19(26)3-5-30-6-4-19/h3,5,7-10H,1-2,4,6H2,(H,25,28)(H2,21,22,23,24,27). The summed E-state index contributed by atoms with van der Waals surface area (Å²) >= 11 is 6.35. The van der Waals surface area contributed by atoms with E-state index in [4.69, 9.17) is 16.3 Å². The lowest BCUT2D eigenvalue weighted by molar-refractivity contribution is -0.117. The number of carbonyl (C=O) groups is 2. The summed E-state index contributed by atoms with van der Waals surface area (Å²) in [6.07, 6.45) is 6.50. The average Bonchev–Trinajstić information content (AvgIpc) is 3.52. The topological polar surface area (TPSA) is 127 Å². The van der Waals surface area contributed by atoms with Crippen molar-refractivity contribution in [2.75, 3.05) is 17.2 Å². The van der Waals surface area contributed by atoms with Gasteiger partial charge in [0.25, 0.3) is 11.5 Å². The van der Waals surface area contributed by atoms with Crippen molar-refractivity contribution in [3.63, 3.8) is 0 Å². The number of nitrogens with one attached hydrogen (secondary N) is 3. The first kappa shape index (κ1) is 18.6. The van der Waals surface area contributed by atoms with Crippen LogP contribution < -0.4 is 21.5 Å². The lowest BCUT2D eigenvalue weighted by atomic mass is 10.1. The molecule has 1 aliphatic carbocycles. The van der Waals surface area contributed by atoms with Gasteiger partial charge in [0.05, 0.1) is 17.9 Å². The van der Waals surface area contributed by atoms with Gasteiger partial charge in [0.15, 0.2) is 0 Å². The number of nitrogens with zero attached hydrogens (tertiary/aromatic N) is 3. The van der Waals surface area contributed by atoms with Crippen molar-refractivity contribution in [3.8, 4) is 0 Å². The van der Waals surface area contributed by atoms with E-state index in [9.17, 15) is 14.4 Å². The van der Waals surface area contributed by atoms with E-state index in [1.165, 1.54) is 29.3 Å². The summed E-state index contributed by atoms with van der Waals surface area (Å²) in [5, 5.41) is 8.61. The van der Waals surface area contributed by atoms with Gasteiger partial charge in [0.1, 0.15) is 35.0 Å². The zero-order chi connectivity index (χ0) is 20.9. The van der Waals surface area contributed by atoms with Crippen LogP contribution in [-0.4, -0.2) is 33.0 Å². The highest BCUT2D eigenvalue weighted by Gasteiger charge is 2.44. The SMILES string of the molecule is O=C1NC2(C=COCC2)n2c1c(Cl)cc(Nc1cc(NC(=O)C3CC3)ncn1)c2=O. The largest absolute Gasteiger partial charge is 0.501 e. The van der Waals surface area contributed by atoms with Crippen molar-refractivity contribution in [1.29, 1.82) is 0 Å². The maximum absolute atomic E-state index is 13.3. The Morgan fingerprint density at radius 1 is 1.27 bits per heavy atom. The third-order valence-corrected chi connectivity index (χ3v) is 5.56. The van der Waals surface area contributed by atoms with E-state index in [-0.39, 0.29) is 28.2 Å². The molecule has 11 heteroatoms. The predicted octanol–water partition coefficient (Wildman–Crippen LogP) is 1.71. The lowest BCUT2D eigenvalue weighted by Gasteiger charge is -2.30. The van der Waals surface area contributed by atoms with Crippen LogP contribution in [0.1, 0.15) is 29.8 Å². The number of hydrogen-bond donors (Lipinski definition) is 3. The predicted molar refractivity (Wildman–Crippen MR) is 108 cm³/mol. The number of ether oxygens (including phenoxy) is 1. The monoisotopic (exact) mass is 428 g/mol. The van der Waals surface area contributed by atoms with Crippen LogP contribution in [0.5, 0.6) is 0 Å². The van der Waals surface area contributed by atoms with Gasteiger partial charge in [-0.1, -0.05) is 11.6 Å². The molecule has 0 radical (unpaired) electrons. The van der Waals surface area contributed by atoms with Gasteiger partial charge < -0.3 is 20.7 Å². The van der Waals surface area contributed by atoms with E-state index < -0.39 is 17.1 Å². The van der Waals surface area contributed by atoms with Crippen LogP contribution in [0.2, 0.25) is 5.02 Å². The number of carbonyl (C=O) groups excluding carboxylic acids is 2. The van der Waals surface area contributed by atoms with E-state index in [1.807, 2.05) is 0 Å². The van der Waals surface area contributed by atoms with E-state index >= 15 is 0 Å². The molecule has 1 saturated carbocycles. The average molecular weight is 429 g/mol. The quantitative estimate of drug-likeness (QED) is 0.676. The second kappa shape index (κ2) is 6.84. The van der Waals surface area contributed by atoms with Crippen LogP contribution in [0.3, 0.4) is 0 Å². The normalized spacial score (nSPS) is 21.7. The first-order valence-electron chi connectivity index (χ1n) is 9.45. The van der Waals surface area contributed by atoms with Crippen LogP contribution in [-0.2, 0) is 15.2 Å². The highest BCUT2D eigenvalue weighted by atomic mass is 35.5. The Morgan fingerprint density at radius 3 is 2.80 bits per heavy atom. The van der Waals surface area contributed by atoms with Crippen LogP contribution >= 0.6 is 11.6 Å². The van der Waals surface area contributed by atoms with Gasteiger partial charge in [0.2, 0.25) is 5.91 Å². The van der Waals surface area contributed by atoms with Gasteiger partial charge in [-0.2, -0.15) is 0 Å². The van der Waals surface area contributed by atoms with Crippen molar-refractivity contribution < 1.29 is 14.3 Å². The maximum atomic E-state index is 13.3. The lowest BCUT2D eigenvalue weighted by Crippen LogP contribution is -2.48. The van der Waals surface area contributed by atoms with Crippen LogP contribution in [0.25, 0.3) is 0 Å². The van der Waals surface area contributed by atoms with Crippen LogP contribution in [0.4, 0.5) is 17.3 Å². The molecule has 0 bridgehead atoms. The van der Waals surface area contributed by atoms with Gasteiger partial charge in [-0.25, -0.2) is 9.97 Å². The molecule has 154 valence electrons. The molecule has 1 spiro atoms. The number of aromatic nitrogens is 3. The van der Waals surface area contributed by atoms with Gasteiger partial charge >= 0.3 is 0 Å². The number of amides is 2. The fourth-order valence-corrected chi connectivity index (χ4v) is 3.88. The Balaban J connectivity index is 1.50. The molecule has 0 aromatic carbocycles. The molecule has 2 amide bonds. The molecule has 4 heterocycles. The molecule has 10 nitrogen and oxygen atoms in total. The number of hydrogen-bond acceptors (Lipinski definition) is 7. The molecule has 3 N–H and O–H groups in total. The minimum absolute atomic E-state index is 0.0327. The fraction of sp³-hybridized carbons (Fsp3) is 0.316. The van der Waals surface area contributed by atoms with E-state index in [1.54, 1.807) is 6.08 Å². The maximum Gasteiger partial charge on any atom is 0.277 e. The molecule has 0 saturated heterocycles. The van der Waals surface area contributed by atoms with Crippen LogP contribution in [0, 0.1) is 5.92 Å². The first-order valence-corrected chi connectivity index (χ1v) is 9.82. The van der Waals surface area contributed by atoms with E-state index in [0.717, 1.165) is 12.8 Å². The highest BCUT2D eigenvalue weighted by Crippen LogP contribution is 2.34. The van der Waals surface area contributed by atoms with Gasteiger partial charge in [0, 0.05) is 18.4 Å². The number of fused-ring (bicyclic) bond motifs is 2. The minimum Gasteiger partial charge on any atom is -0.501 e. The second-order valence-electron chi connectivity index (χ2n) is 7.37. The molecule has 30 heavy (non-hydrogen) atoms. The van der Waals surface area contributed by atoms with Gasteiger partial charge in [-0.15, -0.1) is 0 Å². The Morgan fingerprint density at radius 2 is 2.07 bits per heavy atom. The van der Waals surface area contributed by atoms with Crippen molar-refractivity contribution >= 4 is 40.7 Å². The smallest absolute Gasteiger partial charge is 0.277 e. The van der Waals surface area contributed by atoms with Crippen molar-refractivity contribution in [2.24, 2.45) is 5.92 Å². The van der Waals surface area contributed by atoms with Gasteiger partial charge in [-0.3, -0.25) is 19.0 Å². The van der Waals surface area contributed by atoms with E-state index in [0.29, 0.717) is 24.7 Å². The molecule has 2 aliphatic heterocycles. The summed E-state index contributed by atoms with van der Waals surface area (Å²) in [7, 11) is 0. The molecule has 2 aromatic rings. The zero-order valence-corrected chi connectivity index (χ0v) is 16.4. The Kier molecular flexibility index (Phi) is 4.24. The summed E-state index contributed by atoms with van der Waals surface area (Å²) < 4.78 is 6.56. The summed E-state index contributed by atoms with van der Waals surface area (Å²) in [6.45, 7) is 0.341. The molecule has 1 unspecified atom stereocenters. The number of rotatable bonds is 4. The third-order valence-electron chi connectivity index (χ3n) is 5.27.